The fourth-order valence-corrected chi connectivity index (χ4v) is 2.80. The number of pyridine rings is 1. The number of halogens is 1. The van der Waals surface area contributed by atoms with Crippen LogP contribution in [0.25, 0.3) is 0 Å². The van der Waals surface area contributed by atoms with Crippen molar-refractivity contribution in [2.45, 2.75) is 52.1 Å². The summed E-state index contributed by atoms with van der Waals surface area (Å²) < 4.78 is 10.9. The third-order valence-electron chi connectivity index (χ3n) is 3.12. The summed E-state index contributed by atoms with van der Waals surface area (Å²) in [5.41, 5.74) is -1.24. The van der Waals surface area contributed by atoms with Crippen LogP contribution in [0.5, 0.6) is 0 Å². The molecule has 1 rings (SSSR count). The molecule has 1 aromatic rings. The van der Waals surface area contributed by atoms with Crippen LogP contribution in [0, 0.1) is 10.1 Å². The highest BCUT2D eigenvalue weighted by Gasteiger charge is 2.32. The van der Waals surface area contributed by atoms with E-state index < -0.39 is 30.4 Å². The van der Waals surface area contributed by atoms with Crippen LogP contribution < -0.4 is 4.90 Å². The van der Waals surface area contributed by atoms with E-state index in [1.165, 1.54) is 12.3 Å². The molecule has 146 valence electrons. The largest absolute Gasteiger partial charge is 0.443 e. The first-order valence-electron chi connectivity index (χ1n) is 8.19. The maximum Gasteiger partial charge on any atom is 0.418 e. The summed E-state index contributed by atoms with van der Waals surface area (Å²) in [5, 5.41) is 11.3. The first-order valence-corrected chi connectivity index (χ1v) is 12.3. The van der Waals surface area contributed by atoms with Gasteiger partial charge in [-0.1, -0.05) is 31.2 Å². The van der Waals surface area contributed by atoms with Gasteiger partial charge in [0.05, 0.1) is 4.92 Å². The Bertz CT molecular complexity index is 658. The summed E-state index contributed by atoms with van der Waals surface area (Å²) in [5.74, 6) is -0.204. The normalized spacial score (nSPS) is 12.0. The summed E-state index contributed by atoms with van der Waals surface area (Å²) in [7, 11) is -1.32. The Kier molecular flexibility index (Phi) is 7.54. The minimum atomic E-state index is -1.32. The number of hydrogen-bond donors (Lipinski definition) is 0. The zero-order valence-corrected chi connectivity index (χ0v) is 17.8. The van der Waals surface area contributed by atoms with E-state index in [0.717, 1.165) is 10.9 Å². The van der Waals surface area contributed by atoms with Crippen LogP contribution in [0.1, 0.15) is 20.8 Å². The Morgan fingerprint density at radius 1 is 1.38 bits per heavy atom. The molecule has 8 nitrogen and oxygen atoms in total. The maximum absolute atomic E-state index is 12.6. The number of hydrogen-bond acceptors (Lipinski definition) is 6. The van der Waals surface area contributed by atoms with Gasteiger partial charge in [-0.15, -0.1) is 0 Å². The zero-order chi connectivity index (χ0) is 20.1. The second-order valence-electron chi connectivity index (χ2n) is 7.98. The highest BCUT2D eigenvalue weighted by Crippen LogP contribution is 2.33. The van der Waals surface area contributed by atoms with Gasteiger partial charge in [-0.25, -0.2) is 14.7 Å². The molecule has 1 aromatic heterocycles. The van der Waals surface area contributed by atoms with E-state index in [-0.39, 0.29) is 17.6 Å². The predicted octanol–water partition coefficient (Wildman–Crippen LogP) is 4.70. The topological polar surface area (TPSA) is 94.8 Å². The number of anilines is 1. The second-order valence-corrected chi connectivity index (χ2v) is 14.0. The first-order chi connectivity index (χ1) is 11.8. The van der Waals surface area contributed by atoms with Crippen molar-refractivity contribution >= 4 is 37.3 Å². The zero-order valence-electron chi connectivity index (χ0n) is 16.0. The van der Waals surface area contributed by atoms with Gasteiger partial charge in [-0.2, -0.15) is 0 Å². The van der Waals surface area contributed by atoms with Crippen molar-refractivity contribution < 1.29 is 19.2 Å². The van der Waals surface area contributed by atoms with Crippen LogP contribution >= 0.6 is 11.6 Å². The van der Waals surface area contributed by atoms with E-state index in [9.17, 15) is 14.9 Å². The molecule has 1 heterocycles. The maximum atomic E-state index is 12.6. The summed E-state index contributed by atoms with van der Waals surface area (Å²) in [6.07, 6.45) is 0.507. The molecular formula is C16H26ClN3O5Si. The molecule has 0 aromatic carbocycles. The van der Waals surface area contributed by atoms with Crippen LogP contribution in [0.4, 0.5) is 16.3 Å². The molecule has 26 heavy (non-hydrogen) atoms. The molecule has 0 aliphatic heterocycles. The van der Waals surface area contributed by atoms with Crippen LogP contribution in [-0.4, -0.2) is 43.0 Å². The van der Waals surface area contributed by atoms with Crippen LogP contribution in [0.3, 0.4) is 0 Å². The number of amides is 1. The fraction of sp³-hybridized carbons (Fsp3) is 0.625. The smallest absolute Gasteiger partial charge is 0.418 e. The van der Waals surface area contributed by atoms with E-state index in [2.05, 4.69) is 24.6 Å². The van der Waals surface area contributed by atoms with Gasteiger partial charge in [0.15, 0.2) is 0 Å². The molecule has 0 saturated carbocycles. The van der Waals surface area contributed by atoms with Gasteiger partial charge in [0.1, 0.15) is 17.4 Å². The van der Waals surface area contributed by atoms with Crippen molar-refractivity contribution in [3.05, 3.63) is 27.4 Å². The third-order valence-corrected chi connectivity index (χ3v) is 5.13. The lowest BCUT2D eigenvalue weighted by atomic mass is 10.2. The average molecular weight is 404 g/mol. The number of aromatic nitrogens is 1. The van der Waals surface area contributed by atoms with Gasteiger partial charge in [-0.05, 0) is 32.9 Å². The Hall–Kier alpha value is -1.71. The van der Waals surface area contributed by atoms with Crippen molar-refractivity contribution in [1.82, 2.24) is 4.98 Å². The SMILES string of the molecule is CC(C)(C)OC(=O)N(COCC[Si](C)(C)C)c1nccc(Cl)c1[N+](=O)[O-]. The van der Waals surface area contributed by atoms with Gasteiger partial charge in [0.25, 0.3) is 0 Å². The number of nitro groups is 1. The third kappa shape index (κ3) is 7.26. The van der Waals surface area contributed by atoms with Crippen LogP contribution in [0.2, 0.25) is 30.7 Å². The van der Waals surface area contributed by atoms with Gasteiger partial charge in [0, 0.05) is 20.9 Å². The molecule has 0 spiro atoms. The molecule has 0 aliphatic rings. The lowest BCUT2D eigenvalue weighted by molar-refractivity contribution is -0.384. The highest BCUT2D eigenvalue weighted by atomic mass is 35.5. The number of nitrogens with zero attached hydrogens (tertiary/aromatic N) is 3. The standard InChI is InChI=1S/C16H26ClN3O5Si/c1-16(2,3)25-15(21)19(11-24-9-10-26(4,5)6)14-13(20(22)23)12(17)7-8-18-14/h7-8H,9-11H2,1-6H3. The fourth-order valence-electron chi connectivity index (χ4n) is 1.84. The van der Waals surface area contributed by atoms with E-state index in [4.69, 9.17) is 21.1 Å². The molecule has 0 fully saturated rings. The molecule has 10 heteroatoms. The van der Waals surface area contributed by atoms with Crippen molar-refractivity contribution in [2.75, 3.05) is 18.2 Å². The molecule has 0 N–H and O–H groups in total. The Morgan fingerprint density at radius 3 is 2.50 bits per heavy atom. The molecule has 0 aliphatic carbocycles. The molecule has 0 atom stereocenters. The number of rotatable bonds is 7. The summed E-state index contributed by atoms with van der Waals surface area (Å²) in [6, 6.07) is 2.18. The average Bonchev–Trinajstić information content (AvgIpc) is 2.43. The highest BCUT2D eigenvalue weighted by molar-refractivity contribution is 6.76. The van der Waals surface area contributed by atoms with Gasteiger partial charge < -0.3 is 9.47 Å². The molecule has 0 saturated heterocycles. The van der Waals surface area contributed by atoms with Gasteiger partial charge >= 0.3 is 11.8 Å². The number of carbonyl (C=O) groups is 1. The predicted molar refractivity (Wildman–Crippen MR) is 104 cm³/mol. The minimum absolute atomic E-state index is 0.115. The van der Waals surface area contributed by atoms with Crippen LogP contribution in [0.15, 0.2) is 12.3 Å². The van der Waals surface area contributed by atoms with E-state index in [1.54, 1.807) is 20.8 Å². The monoisotopic (exact) mass is 403 g/mol. The van der Waals surface area contributed by atoms with E-state index in [1.807, 2.05) is 0 Å². The number of ether oxygens (including phenoxy) is 2. The van der Waals surface area contributed by atoms with Crippen molar-refractivity contribution in [3.8, 4) is 0 Å². The van der Waals surface area contributed by atoms with E-state index >= 15 is 0 Å². The lowest BCUT2D eigenvalue weighted by Crippen LogP contribution is -2.39. The van der Waals surface area contributed by atoms with Crippen LogP contribution in [-0.2, 0) is 9.47 Å². The van der Waals surface area contributed by atoms with E-state index in [0.29, 0.717) is 6.61 Å². The summed E-state index contributed by atoms with van der Waals surface area (Å²) in [4.78, 5) is 28.2. The molecule has 0 bridgehead atoms. The Labute approximate surface area is 159 Å². The number of carbonyl (C=O) groups excluding carboxylic acids is 1. The summed E-state index contributed by atoms with van der Waals surface area (Å²) >= 11 is 5.93. The minimum Gasteiger partial charge on any atom is -0.443 e. The molecule has 0 unspecified atom stereocenters. The lowest BCUT2D eigenvalue weighted by Gasteiger charge is -2.26. The van der Waals surface area contributed by atoms with Crippen molar-refractivity contribution in [3.63, 3.8) is 0 Å². The Balaban J connectivity index is 3.11. The summed E-state index contributed by atoms with van der Waals surface area (Å²) in [6.45, 7) is 11.9. The Morgan fingerprint density at radius 2 is 2.00 bits per heavy atom. The molecule has 1 amide bonds. The second kappa shape index (κ2) is 8.78. The quantitative estimate of drug-likeness (QED) is 0.215. The van der Waals surface area contributed by atoms with Crippen molar-refractivity contribution in [2.24, 2.45) is 0 Å². The molecule has 0 radical (unpaired) electrons. The molecular weight excluding hydrogens is 378 g/mol. The van der Waals surface area contributed by atoms with Crippen molar-refractivity contribution in [1.29, 1.82) is 0 Å². The first kappa shape index (κ1) is 22.3. The van der Waals surface area contributed by atoms with Gasteiger partial charge in [0.2, 0.25) is 5.82 Å². The van der Waals surface area contributed by atoms with Gasteiger partial charge in [-0.3, -0.25) is 10.1 Å².